The van der Waals surface area contributed by atoms with Gasteiger partial charge < -0.3 is 0 Å². The van der Waals surface area contributed by atoms with Crippen molar-refractivity contribution in [1.82, 2.24) is 29.9 Å². The van der Waals surface area contributed by atoms with Crippen LogP contribution in [0.3, 0.4) is 0 Å². The van der Waals surface area contributed by atoms with Crippen LogP contribution in [0, 0.1) is 265 Å². The molecule has 0 aliphatic heterocycles. The minimum atomic E-state index is -2.52. The normalized spacial score (nSPS) is 12.2. The lowest BCUT2D eigenvalue weighted by Gasteiger charge is -2.09. The summed E-state index contributed by atoms with van der Waals surface area (Å²) in [7, 11) is 0. The van der Waals surface area contributed by atoms with Crippen LogP contribution in [0.4, 0.5) is 75.9 Å². The van der Waals surface area contributed by atoms with Crippen LogP contribution in [0.5, 0.6) is 0 Å². The quantitative estimate of drug-likeness (QED) is 0.0521. The maximum atomic E-state index is 15.0. The van der Waals surface area contributed by atoms with E-state index < -0.39 is 182 Å². The monoisotopic (exact) mass is 1340 g/mol. The van der Waals surface area contributed by atoms with Gasteiger partial charge in [-0.25, -0.2) is 110 Å². The second kappa shape index (κ2) is 27.1. The molecule has 22 nitrogen and oxygen atoms in total. The molecule has 1 aliphatic rings. The molecule has 0 atom stereocenters. The first-order chi connectivity index (χ1) is 47.6. The first-order valence-corrected chi connectivity index (χ1v) is 24.2. The van der Waals surface area contributed by atoms with Crippen LogP contribution in [0.15, 0.2) is 16.7 Å². The first-order valence-electron chi connectivity index (χ1n) is 25.2. The zero-order chi connectivity index (χ0) is 75.0. The standard InChI is InChI=1S/C30F12N6.C18N12.C12F4N4.4H2/c1-47-29(16-25(39)19(33)10(6-46)20(34)26(16)40)15-11(7(3-43)13-21(35)17(31)9(5-45)18(32)22(13)36)12(15)8(4-44)14-23(37)27(41)30(48-2)28(42)24(14)38;19-1-7-8(2-20)26-14-13(25-7)15-17(29-10(4-22)9(3-21)27-15)18-16(14)28-11(5-23)12(6-24)30-18;13-9-7(5(1-17)2-18)10(14)12(16)8(11(9)15)6(3-19)4-20;;;;/h;;;4*1H/i;;;1+1D;1+1;;. The molecule has 8 aromatic rings. The van der Waals surface area contributed by atoms with Gasteiger partial charge in [0.15, 0.2) is 127 Å². The SMILES string of the molecule is N#CC(C#N)=c1c(F)c(F)c(=C(C#N)C#N)c(F)c1F.N#Cc1nc2c3nc(C#N)c(C#N)nc3c3nc(C#N)c(C#N)nc3c2nc1C#N.[2HH].[2H][2H].[C-]#[N+]C(=C1C(=C(C#N)c2c(F)c(F)c(C#N)c(F)c2F)C1=C(C#N)c1c(F)c(F)c([N+]#[C-])c(F)c1F)c1c(F)c(F)c(C#N)c(F)c1F.[HH].[HH]. The van der Waals surface area contributed by atoms with E-state index in [1.807, 2.05) is 0 Å². The number of benzene rings is 5. The van der Waals surface area contributed by atoms with Crippen LogP contribution >= 0.6 is 0 Å². The summed E-state index contributed by atoms with van der Waals surface area (Å²) < 4.78 is 242. The maximum Gasteiger partial charge on any atom is 0.262 e. The van der Waals surface area contributed by atoms with Gasteiger partial charge in [-0.15, -0.1) is 0 Å². The Hall–Kier alpha value is -16.2. The van der Waals surface area contributed by atoms with E-state index in [4.69, 9.17) is 47.7 Å². The van der Waals surface area contributed by atoms with Crippen molar-refractivity contribution in [2.24, 2.45) is 0 Å². The molecule has 0 unspecified atom stereocenters. The Bertz CT molecular complexity index is 5340. The first kappa shape index (κ1) is 67.7. The summed E-state index contributed by atoms with van der Waals surface area (Å²) in [6.45, 7) is 14.1. The molecule has 0 radical (unpaired) electrons. The molecule has 3 heterocycles. The van der Waals surface area contributed by atoms with Crippen molar-refractivity contribution in [2.75, 3.05) is 0 Å². The zero-order valence-corrected chi connectivity index (χ0v) is 45.9. The number of hydrogen-bond donors (Lipinski definition) is 0. The predicted molar refractivity (Wildman–Crippen MR) is 290 cm³/mol. The highest BCUT2D eigenvalue weighted by Gasteiger charge is 2.46. The summed E-state index contributed by atoms with van der Waals surface area (Å²) in [4.78, 5) is 29.5. The number of nitriles is 14. The third kappa shape index (κ3) is 10.8. The molecular formula is C60H8F16N22. The van der Waals surface area contributed by atoms with Crippen molar-refractivity contribution >= 4 is 66.8 Å². The van der Waals surface area contributed by atoms with E-state index in [0.717, 1.165) is 48.6 Å². The van der Waals surface area contributed by atoms with E-state index in [2.05, 4.69) is 39.6 Å². The molecule has 0 bridgehead atoms. The molecule has 9 rings (SSSR count). The Kier molecular flexibility index (Phi) is 18.7. The van der Waals surface area contributed by atoms with Gasteiger partial charge in [-0.1, -0.05) is 0 Å². The summed E-state index contributed by atoms with van der Waals surface area (Å²) in [6, 6.07) is 18.3. The lowest BCUT2D eigenvalue weighted by molar-refractivity contribution is 0.434. The largest absolute Gasteiger partial charge is 0.262 e. The molecule has 0 saturated heterocycles. The number of rotatable bonds is 3. The molecular weight excluding hydrogens is 1330 g/mol. The van der Waals surface area contributed by atoms with Gasteiger partial charge in [-0.3, -0.25) is 0 Å². The van der Waals surface area contributed by atoms with Crippen molar-refractivity contribution in [3.8, 4) is 85.0 Å². The minimum absolute atomic E-state index is 0. The average molecular weight is 1340 g/mol. The minimum Gasteiger partial charge on any atom is -0.237 e. The molecule has 0 N–H and O–H groups in total. The highest BCUT2D eigenvalue weighted by molar-refractivity contribution is 6.18. The molecule has 1 fully saturated rings. The van der Waals surface area contributed by atoms with Crippen LogP contribution in [0.1, 0.15) is 69.2 Å². The number of nitrogens with zero attached hydrogens (tertiary/aromatic N) is 22. The van der Waals surface area contributed by atoms with Crippen molar-refractivity contribution in [3.63, 3.8) is 0 Å². The van der Waals surface area contributed by atoms with Crippen molar-refractivity contribution in [2.45, 2.75) is 0 Å². The molecule has 470 valence electrons. The molecule has 98 heavy (non-hydrogen) atoms. The van der Waals surface area contributed by atoms with E-state index in [1.165, 1.54) is 0 Å². The Morgan fingerprint density at radius 2 is 0.541 bits per heavy atom. The molecule has 5 aromatic carbocycles. The molecule has 38 heteroatoms. The number of halogens is 16. The summed E-state index contributed by atoms with van der Waals surface area (Å²) in [5, 5.41) is 124. The lowest BCUT2D eigenvalue weighted by atomic mass is 9.99. The van der Waals surface area contributed by atoms with E-state index in [0.29, 0.717) is 0 Å². The molecule has 1 aliphatic carbocycles. The Labute approximate surface area is 536 Å². The summed E-state index contributed by atoms with van der Waals surface area (Å²) in [5.41, 5.74) is -25.6. The second-order valence-corrected chi connectivity index (χ2v) is 17.6. The van der Waals surface area contributed by atoms with Gasteiger partial charge in [0, 0.05) is 7.25 Å². The number of aromatic nitrogens is 6. The molecule has 0 amide bonds. The van der Waals surface area contributed by atoms with E-state index in [9.17, 15) is 86.0 Å². The van der Waals surface area contributed by atoms with Gasteiger partial charge in [0.2, 0.25) is 5.70 Å². The number of allylic oxidation sites excluding steroid dienone is 5. The smallest absolute Gasteiger partial charge is 0.237 e. The second-order valence-electron chi connectivity index (χ2n) is 17.6. The van der Waals surface area contributed by atoms with Crippen LogP contribution < -0.4 is 10.4 Å². The van der Waals surface area contributed by atoms with Gasteiger partial charge in [0.1, 0.15) is 140 Å². The zero-order valence-electron chi connectivity index (χ0n) is 47.9. The van der Waals surface area contributed by atoms with Crippen LogP contribution in [0.25, 0.3) is 70.8 Å². The van der Waals surface area contributed by atoms with Gasteiger partial charge >= 0.3 is 0 Å². The van der Waals surface area contributed by atoms with Crippen molar-refractivity contribution < 1.29 is 77.5 Å². The fourth-order valence-electron chi connectivity index (χ4n) is 8.57. The lowest BCUT2D eigenvalue weighted by Crippen LogP contribution is -2.31. The van der Waals surface area contributed by atoms with Gasteiger partial charge in [0.05, 0.1) is 51.4 Å². The fourth-order valence-corrected chi connectivity index (χ4v) is 8.57. The van der Waals surface area contributed by atoms with Gasteiger partial charge in [-0.05, 0) is 16.7 Å². The van der Waals surface area contributed by atoms with Gasteiger partial charge in [-0.2, -0.15) is 73.7 Å². The third-order valence-corrected chi connectivity index (χ3v) is 12.8. The van der Waals surface area contributed by atoms with Crippen molar-refractivity contribution in [3.05, 3.63) is 205 Å². The van der Waals surface area contributed by atoms with E-state index in [1.54, 1.807) is 36.4 Å². The predicted octanol–water partition coefficient (Wildman–Crippen LogP) is 10.6. The molecule has 3 aromatic heterocycles. The maximum absolute atomic E-state index is 15.0. The van der Waals surface area contributed by atoms with Crippen molar-refractivity contribution in [1.29, 1.82) is 73.7 Å². The molecule has 1 saturated carbocycles. The number of hydrogen-bond acceptors (Lipinski definition) is 20. The Balaban J connectivity index is 0.000000428. The topological polar surface area (TPSA) is 419 Å². The summed E-state index contributed by atoms with van der Waals surface area (Å²) >= 11 is 0. The highest BCUT2D eigenvalue weighted by Crippen LogP contribution is 2.58. The Morgan fingerprint density at radius 1 is 0.306 bits per heavy atom. The third-order valence-electron chi connectivity index (χ3n) is 12.8. The van der Waals surface area contributed by atoms with E-state index in [-0.39, 0.29) is 71.5 Å². The Morgan fingerprint density at radius 3 is 0.735 bits per heavy atom. The average Bonchev–Trinajstić information content (AvgIpc) is 1.59. The van der Waals surface area contributed by atoms with Crippen LogP contribution in [-0.4, -0.2) is 29.9 Å². The van der Waals surface area contributed by atoms with Gasteiger partial charge in [0.25, 0.3) is 5.69 Å². The fraction of sp³-hybridized carbons (Fsp3) is 0. The van der Waals surface area contributed by atoms with Crippen LogP contribution in [0.2, 0.25) is 0 Å². The highest BCUT2D eigenvalue weighted by atomic mass is 19.2. The van der Waals surface area contributed by atoms with E-state index >= 15 is 26.3 Å². The van der Waals surface area contributed by atoms with Crippen LogP contribution in [-0.2, 0) is 0 Å². The molecule has 0 spiro atoms. The summed E-state index contributed by atoms with van der Waals surface area (Å²) in [5.74, 6) is -37.8. The summed E-state index contributed by atoms with van der Waals surface area (Å²) in [6.07, 6.45) is 0. The number of fused-ring (bicyclic) bond motifs is 6.